The molecule has 1 aliphatic heterocycles. The zero-order valence-corrected chi connectivity index (χ0v) is 11.5. The van der Waals surface area contributed by atoms with Crippen molar-refractivity contribution in [2.24, 2.45) is 17.1 Å². The Kier molecular flexibility index (Phi) is 6.46. The number of nitrogens with two attached hydrogens (primary N) is 1. The topological polar surface area (TPSA) is 46.3 Å². The van der Waals surface area contributed by atoms with Crippen LogP contribution in [-0.4, -0.2) is 24.0 Å². The lowest BCUT2D eigenvalue weighted by atomic mass is 9.58. The predicted molar refractivity (Wildman–Crippen MR) is 69.3 cm³/mol. The molecular formula is C13H28N2O. The SMILES string of the molecule is CC.CC1CC2(C1)CN(C(N)=O)C2.CCC. The number of carbonyl (C=O) groups excluding carboxylic acids is 1. The first-order chi connectivity index (χ1) is 7.53. The summed E-state index contributed by atoms with van der Waals surface area (Å²) in [4.78, 5) is 12.4. The Bertz CT molecular complexity index is 202. The van der Waals surface area contributed by atoms with Crippen LogP contribution in [0.5, 0.6) is 0 Å². The quantitative estimate of drug-likeness (QED) is 0.679. The van der Waals surface area contributed by atoms with Crippen molar-refractivity contribution in [3.8, 4) is 0 Å². The summed E-state index contributed by atoms with van der Waals surface area (Å²) in [5.74, 6) is 0.866. The van der Waals surface area contributed by atoms with Gasteiger partial charge in [-0.05, 0) is 18.8 Å². The highest BCUT2D eigenvalue weighted by molar-refractivity contribution is 5.73. The van der Waals surface area contributed by atoms with E-state index in [4.69, 9.17) is 5.73 Å². The minimum absolute atomic E-state index is 0.254. The highest BCUT2D eigenvalue weighted by atomic mass is 16.2. The minimum atomic E-state index is -0.254. The molecule has 96 valence electrons. The van der Waals surface area contributed by atoms with Gasteiger partial charge in [0, 0.05) is 18.5 Å². The molecule has 0 atom stereocenters. The molecule has 0 bridgehead atoms. The fraction of sp³-hybridized carbons (Fsp3) is 0.923. The largest absolute Gasteiger partial charge is 0.351 e. The number of carbonyl (C=O) groups is 1. The van der Waals surface area contributed by atoms with Crippen molar-refractivity contribution >= 4 is 6.03 Å². The monoisotopic (exact) mass is 228 g/mol. The Morgan fingerprint density at radius 3 is 1.94 bits per heavy atom. The van der Waals surface area contributed by atoms with Gasteiger partial charge in [-0.2, -0.15) is 0 Å². The van der Waals surface area contributed by atoms with Gasteiger partial charge in [0.1, 0.15) is 0 Å². The van der Waals surface area contributed by atoms with Gasteiger partial charge in [0.15, 0.2) is 0 Å². The summed E-state index contributed by atoms with van der Waals surface area (Å²) in [6.45, 7) is 12.3. The summed E-state index contributed by atoms with van der Waals surface area (Å²) in [6, 6.07) is -0.254. The molecule has 1 aliphatic carbocycles. The maximum atomic E-state index is 10.6. The number of likely N-dealkylation sites (tertiary alicyclic amines) is 1. The first kappa shape index (κ1) is 15.3. The van der Waals surface area contributed by atoms with Crippen molar-refractivity contribution in [1.29, 1.82) is 0 Å². The fourth-order valence-corrected chi connectivity index (χ4v) is 2.60. The van der Waals surface area contributed by atoms with Crippen LogP contribution >= 0.6 is 0 Å². The molecule has 3 heteroatoms. The van der Waals surface area contributed by atoms with Gasteiger partial charge in [-0.15, -0.1) is 0 Å². The molecule has 0 unspecified atom stereocenters. The molecule has 1 spiro atoms. The molecule has 1 saturated heterocycles. The zero-order valence-electron chi connectivity index (χ0n) is 11.5. The van der Waals surface area contributed by atoms with Gasteiger partial charge >= 0.3 is 6.03 Å². The van der Waals surface area contributed by atoms with Crippen molar-refractivity contribution < 1.29 is 4.79 Å². The van der Waals surface area contributed by atoms with E-state index in [1.165, 1.54) is 19.3 Å². The number of nitrogens with zero attached hydrogens (tertiary/aromatic N) is 1. The van der Waals surface area contributed by atoms with E-state index in [2.05, 4.69) is 20.8 Å². The van der Waals surface area contributed by atoms with Crippen LogP contribution < -0.4 is 5.73 Å². The summed E-state index contributed by atoms with van der Waals surface area (Å²) in [5, 5.41) is 0. The lowest BCUT2D eigenvalue weighted by Crippen LogP contribution is -2.64. The summed E-state index contributed by atoms with van der Waals surface area (Å²) in [6.07, 6.45) is 3.83. The molecule has 2 fully saturated rings. The number of primary amides is 1. The molecule has 1 heterocycles. The second-order valence-corrected chi connectivity index (χ2v) is 4.91. The summed E-state index contributed by atoms with van der Waals surface area (Å²) >= 11 is 0. The van der Waals surface area contributed by atoms with Gasteiger partial charge in [0.05, 0.1) is 0 Å². The Balaban J connectivity index is 0.000000394. The lowest BCUT2D eigenvalue weighted by molar-refractivity contribution is -0.0633. The van der Waals surface area contributed by atoms with Crippen molar-refractivity contribution in [3.05, 3.63) is 0 Å². The van der Waals surface area contributed by atoms with E-state index in [1.807, 2.05) is 13.8 Å². The van der Waals surface area contributed by atoms with E-state index < -0.39 is 0 Å². The van der Waals surface area contributed by atoms with E-state index >= 15 is 0 Å². The number of hydrogen-bond donors (Lipinski definition) is 1. The molecular weight excluding hydrogens is 200 g/mol. The van der Waals surface area contributed by atoms with Crippen LogP contribution in [-0.2, 0) is 0 Å². The van der Waals surface area contributed by atoms with E-state index in [-0.39, 0.29) is 6.03 Å². The van der Waals surface area contributed by atoms with Gasteiger partial charge in [0.25, 0.3) is 0 Å². The molecule has 2 amide bonds. The smallest absolute Gasteiger partial charge is 0.314 e. The number of urea groups is 1. The van der Waals surface area contributed by atoms with Crippen molar-refractivity contribution in [2.45, 2.75) is 53.9 Å². The summed E-state index contributed by atoms with van der Waals surface area (Å²) in [7, 11) is 0. The van der Waals surface area contributed by atoms with E-state index in [9.17, 15) is 4.79 Å². The van der Waals surface area contributed by atoms with Crippen molar-refractivity contribution in [3.63, 3.8) is 0 Å². The van der Waals surface area contributed by atoms with Crippen LogP contribution in [0.3, 0.4) is 0 Å². The third kappa shape index (κ3) is 3.69. The molecule has 0 aromatic rings. The van der Waals surface area contributed by atoms with E-state index in [0.29, 0.717) is 5.41 Å². The van der Waals surface area contributed by atoms with Gasteiger partial charge in [-0.1, -0.05) is 41.0 Å². The number of hydrogen-bond acceptors (Lipinski definition) is 1. The van der Waals surface area contributed by atoms with Crippen LogP contribution in [0, 0.1) is 11.3 Å². The van der Waals surface area contributed by atoms with Crippen molar-refractivity contribution in [2.75, 3.05) is 13.1 Å². The molecule has 0 aromatic carbocycles. The van der Waals surface area contributed by atoms with Gasteiger partial charge < -0.3 is 10.6 Å². The van der Waals surface area contributed by atoms with Crippen LogP contribution in [0.15, 0.2) is 0 Å². The van der Waals surface area contributed by atoms with Gasteiger partial charge in [0.2, 0.25) is 0 Å². The maximum Gasteiger partial charge on any atom is 0.314 e. The third-order valence-electron chi connectivity index (χ3n) is 2.93. The maximum absolute atomic E-state index is 10.6. The summed E-state index contributed by atoms with van der Waals surface area (Å²) < 4.78 is 0. The van der Waals surface area contributed by atoms with Crippen LogP contribution in [0.25, 0.3) is 0 Å². The number of amides is 2. The standard InChI is InChI=1S/C8H14N2O.C3H8.C2H6/c1-6-2-8(3-6)4-10(5-8)7(9)11;1-3-2;1-2/h6H,2-5H2,1H3,(H2,9,11);3H2,1-2H3;1-2H3. The Labute approximate surface area is 100 Å². The third-order valence-corrected chi connectivity index (χ3v) is 2.93. The highest BCUT2D eigenvalue weighted by Crippen LogP contribution is 2.51. The van der Waals surface area contributed by atoms with E-state index in [0.717, 1.165) is 19.0 Å². The predicted octanol–water partition coefficient (Wildman–Crippen LogP) is 3.24. The molecule has 2 aliphatic rings. The van der Waals surface area contributed by atoms with Gasteiger partial charge in [-0.25, -0.2) is 4.79 Å². The Morgan fingerprint density at radius 2 is 1.69 bits per heavy atom. The second kappa shape index (κ2) is 6.77. The van der Waals surface area contributed by atoms with Crippen LogP contribution in [0.2, 0.25) is 0 Å². The first-order valence-corrected chi connectivity index (χ1v) is 6.57. The van der Waals surface area contributed by atoms with Gasteiger partial charge in [-0.3, -0.25) is 0 Å². The molecule has 2 N–H and O–H groups in total. The Hall–Kier alpha value is -0.730. The normalized spacial score (nSPS) is 20.7. The van der Waals surface area contributed by atoms with E-state index in [1.54, 1.807) is 4.90 Å². The van der Waals surface area contributed by atoms with Crippen LogP contribution in [0.4, 0.5) is 4.79 Å². The molecule has 16 heavy (non-hydrogen) atoms. The molecule has 2 rings (SSSR count). The van der Waals surface area contributed by atoms with Crippen molar-refractivity contribution in [1.82, 2.24) is 4.90 Å². The summed E-state index contributed by atoms with van der Waals surface area (Å²) in [5.41, 5.74) is 5.61. The molecule has 1 saturated carbocycles. The first-order valence-electron chi connectivity index (χ1n) is 6.57. The highest BCUT2D eigenvalue weighted by Gasteiger charge is 2.51. The molecule has 0 aromatic heterocycles. The fourth-order valence-electron chi connectivity index (χ4n) is 2.60. The second-order valence-electron chi connectivity index (χ2n) is 4.91. The average Bonchev–Trinajstić information content (AvgIpc) is 2.13. The van der Waals surface area contributed by atoms with Crippen LogP contribution in [0.1, 0.15) is 53.9 Å². The zero-order chi connectivity index (χ0) is 12.8. The average molecular weight is 228 g/mol. The Morgan fingerprint density at radius 1 is 1.31 bits per heavy atom. The minimum Gasteiger partial charge on any atom is -0.351 e. The molecule has 0 radical (unpaired) electrons. The number of rotatable bonds is 0. The lowest BCUT2D eigenvalue weighted by Gasteiger charge is -2.58. The molecule has 3 nitrogen and oxygen atoms in total.